The van der Waals surface area contributed by atoms with Gasteiger partial charge in [0, 0.05) is 6.04 Å². The quantitative estimate of drug-likeness (QED) is 0.907. The van der Waals surface area contributed by atoms with Crippen LogP contribution in [0.2, 0.25) is 0 Å². The maximum Gasteiger partial charge on any atom is 0.157 e. The van der Waals surface area contributed by atoms with Gasteiger partial charge < -0.3 is 5.73 Å². The van der Waals surface area contributed by atoms with E-state index < -0.39 is 21.1 Å². The smallest absolute Gasteiger partial charge is 0.157 e. The molecular weight excluding hydrogens is 282 g/mol. The Morgan fingerprint density at radius 3 is 2.24 bits per heavy atom. The average Bonchev–Trinajstić information content (AvgIpc) is 2.54. The van der Waals surface area contributed by atoms with Gasteiger partial charge in [-0.15, -0.1) is 0 Å². The van der Waals surface area contributed by atoms with Crippen molar-refractivity contribution in [3.63, 3.8) is 0 Å². The molecular formula is C17H27NO2S. The minimum Gasteiger partial charge on any atom is -0.323 e. The number of aryl methyl sites for hydroxylation is 1. The molecule has 0 spiro atoms. The van der Waals surface area contributed by atoms with Gasteiger partial charge in [-0.1, -0.05) is 50.5 Å². The van der Waals surface area contributed by atoms with Crippen molar-refractivity contribution < 1.29 is 8.42 Å². The molecule has 1 fully saturated rings. The Balaban J connectivity index is 2.14. The zero-order valence-corrected chi connectivity index (χ0v) is 13.9. The third-order valence-corrected chi connectivity index (χ3v) is 7.54. The summed E-state index contributed by atoms with van der Waals surface area (Å²) in [7, 11) is -3.15. The maximum absolute atomic E-state index is 12.7. The highest BCUT2D eigenvalue weighted by molar-refractivity contribution is 7.92. The summed E-state index contributed by atoms with van der Waals surface area (Å²) in [5.41, 5.74) is 8.40. The monoisotopic (exact) mass is 309 g/mol. The normalized spacial score (nSPS) is 20.1. The van der Waals surface area contributed by atoms with Crippen LogP contribution < -0.4 is 5.73 Å². The van der Waals surface area contributed by atoms with Gasteiger partial charge in [-0.25, -0.2) is 8.42 Å². The van der Waals surface area contributed by atoms with Crippen LogP contribution in [0.1, 0.15) is 63.1 Å². The van der Waals surface area contributed by atoms with Crippen molar-refractivity contribution >= 4 is 9.84 Å². The Labute approximate surface area is 128 Å². The van der Waals surface area contributed by atoms with Crippen molar-refractivity contribution in [3.8, 4) is 0 Å². The van der Waals surface area contributed by atoms with E-state index in [1.54, 1.807) is 6.92 Å². The van der Waals surface area contributed by atoms with E-state index in [0.717, 1.165) is 44.1 Å². The zero-order valence-electron chi connectivity index (χ0n) is 13.1. The third-order valence-electron chi connectivity index (χ3n) is 4.81. The standard InChI is InChI=1S/C17H27NO2S/c1-3-14-9-11-15(12-10-14)17(18)13(2)21(19,20)16-7-5-4-6-8-16/h9-13,16-17H,3-8,18H2,1-2H3. The molecule has 118 valence electrons. The lowest BCUT2D eigenvalue weighted by Crippen LogP contribution is -2.38. The predicted octanol–water partition coefficient (Wildman–Crippen LogP) is 3.38. The van der Waals surface area contributed by atoms with Gasteiger partial charge in [-0.05, 0) is 37.3 Å². The molecule has 0 aromatic heterocycles. The summed E-state index contributed by atoms with van der Waals surface area (Å²) in [5.74, 6) is 0. The lowest BCUT2D eigenvalue weighted by molar-refractivity contribution is 0.473. The van der Waals surface area contributed by atoms with Gasteiger partial charge in [0.15, 0.2) is 9.84 Å². The van der Waals surface area contributed by atoms with Crippen molar-refractivity contribution in [2.75, 3.05) is 0 Å². The van der Waals surface area contributed by atoms with E-state index >= 15 is 0 Å². The number of hydrogen-bond acceptors (Lipinski definition) is 3. The first-order valence-corrected chi connectivity index (χ1v) is 9.65. The summed E-state index contributed by atoms with van der Waals surface area (Å²) in [6.45, 7) is 3.87. The number of nitrogens with two attached hydrogens (primary N) is 1. The minimum absolute atomic E-state index is 0.192. The van der Waals surface area contributed by atoms with E-state index in [-0.39, 0.29) is 5.25 Å². The predicted molar refractivity (Wildman–Crippen MR) is 88.0 cm³/mol. The molecule has 2 rings (SSSR count). The maximum atomic E-state index is 12.7. The molecule has 21 heavy (non-hydrogen) atoms. The number of benzene rings is 1. The van der Waals surface area contributed by atoms with E-state index in [0.29, 0.717) is 0 Å². The molecule has 0 heterocycles. The molecule has 1 aromatic carbocycles. The molecule has 2 unspecified atom stereocenters. The molecule has 0 saturated heterocycles. The van der Waals surface area contributed by atoms with E-state index in [9.17, 15) is 8.42 Å². The van der Waals surface area contributed by atoms with Crippen LogP contribution >= 0.6 is 0 Å². The van der Waals surface area contributed by atoms with Crippen molar-refractivity contribution in [3.05, 3.63) is 35.4 Å². The first-order valence-electron chi connectivity index (χ1n) is 8.04. The summed E-state index contributed by atoms with van der Waals surface area (Å²) in [5, 5.41) is -0.713. The van der Waals surface area contributed by atoms with Gasteiger partial charge in [-0.3, -0.25) is 0 Å². The van der Waals surface area contributed by atoms with Crippen LogP contribution in [0.15, 0.2) is 24.3 Å². The second kappa shape index (κ2) is 6.93. The van der Waals surface area contributed by atoms with Gasteiger partial charge in [0.25, 0.3) is 0 Å². The van der Waals surface area contributed by atoms with Crippen LogP contribution in [0.25, 0.3) is 0 Å². The molecule has 2 atom stereocenters. The first kappa shape index (κ1) is 16.5. The molecule has 1 aliphatic rings. The fourth-order valence-corrected chi connectivity index (χ4v) is 5.31. The van der Waals surface area contributed by atoms with Crippen LogP contribution in [0, 0.1) is 0 Å². The van der Waals surface area contributed by atoms with Crippen molar-refractivity contribution in [2.24, 2.45) is 5.73 Å². The SMILES string of the molecule is CCc1ccc(C(N)C(C)S(=O)(=O)C2CCCCC2)cc1. The van der Waals surface area contributed by atoms with Crippen LogP contribution in [-0.2, 0) is 16.3 Å². The van der Waals surface area contributed by atoms with E-state index in [4.69, 9.17) is 5.73 Å². The third kappa shape index (κ3) is 3.67. The Morgan fingerprint density at radius 2 is 1.71 bits per heavy atom. The molecule has 3 nitrogen and oxygen atoms in total. The van der Waals surface area contributed by atoms with Gasteiger partial charge in [-0.2, -0.15) is 0 Å². The lowest BCUT2D eigenvalue weighted by atomic mass is 10.0. The summed E-state index contributed by atoms with van der Waals surface area (Å²) < 4.78 is 25.5. The second-order valence-corrected chi connectivity index (χ2v) is 8.76. The Kier molecular flexibility index (Phi) is 5.44. The van der Waals surface area contributed by atoms with E-state index in [1.165, 1.54) is 5.56 Å². The van der Waals surface area contributed by atoms with E-state index in [1.807, 2.05) is 24.3 Å². The largest absolute Gasteiger partial charge is 0.323 e. The summed E-state index contributed by atoms with van der Waals surface area (Å²) in [6.07, 6.45) is 5.78. The topological polar surface area (TPSA) is 60.2 Å². The average molecular weight is 309 g/mol. The van der Waals surface area contributed by atoms with Crippen molar-refractivity contribution in [1.29, 1.82) is 0 Å². The second-order valence-electron chi connectivity index (χ2n) is 6.18. The highest BCUT2D eigenvalue weighted by atomic mass is 32.2. The Hall–Kier alpha value is -0.870. The van der Waals surface area contributed by atoms with Crippen LogP contribution in [0.3, 0.4) is 0 Å². The van der Waals surface area contributed by atoms with Crippen LogP contribution in [-0.4, -0.2) is 18.9 Å². The Morgan fingerprint density at radius 1 is 1.14 bits per heavy atom. The zero-order chi connectivity index (χ0) is 15.5. The summed E-state index contributed by atoms with van der Waals surface area (Å²) in [6, 6.07) is 7.57. The molecule has 4 heteroatoms. The van der Waals surface area contributed by atoms with Gasteiger partial charge in [0.2, 0.25) is 0 Å². The lowest BCUT2D eigenvalue weighted by Gasteiger charge is -2.28. The van der Waals surface area contributed by atoms with Crippen molar-refractivity contribution in [2.45, 2.75) is 68.9 Å². The van der Waals surface area contributed by atoms with Crippen molar-refractivity contribution in [1.82, 2.24) is 0 Å². The fourth-order valence-electron chi connectivity index (χ4n) is 3.15. The molecule has 0 aliphatic heterocycles. The van der Waals surface area contributed by atoms with Gasteiger partial charge >= 0.3 is 0 Å². The highest BCUT2D eigenvalue weighted by Gasteiger charge is 2.35. The molecule has 1 saturated carbocycles. The minimum atomic E-state index is -3.15. The fraction of sp³-hybridized carbons (Fsp3) is 0.647. The molecule has 0 bridgehead atoms. The highest BCUT2D eigenvalue weighted by Crippen LogP contribution is 2.30. The summed E-state index contributed by atoms with van der Waals surface area (Å²) in [4.78, 5) is 0. The van der Waals surface area contributed by atoms with Crippen LogP contribution in [0.5, 0.6) is 0 Å². The van der Waals surface area contributed by atoms with Crippen LogP contribution in [0.4, 0.5) is 0 Å². The summed E-state index contributed by atoms with van der Waals surface area (Å²) >= 11 is 0. The van der Waals surface area contributed by atoms with E-state index in [2.05, 4.69) is 6.92 Å². The Bertz CT molecular complexity index is 545. The molecule has 1 aromatic rings. The molecule has 1 aliphatic carbocycles. The van der Waals surface area contributed by atoms with Gasteiger partial charge in [0.1, 0.15) is 0 Å². The number of sulfone groups is 1. The molecule has 0 radical (unpaired) electrons. The first-order chi connectivity index (χ1) is 9.96. The van der Waals surface area contributed by atoms with Gasteiger partial charge in [0.05, 0.1) is 10.5 Å². The number of rotatable bonds is 5. The molecule has 2 N–H and O–H groups in total. The number of hydrogen-bond donors (Lipinski definition) is 1. The molecule has 0 amide bonds.